The van der Waals surface area contributed by atoms with Crippen molar-refractivity contribution in [2.24, 2.45) is 0 Å². The first-order valence-corrected chi connectivity index (χ1v) is 7.49. The highest BCUT2D eigenvalue weighted by atomic mass is 16.2. The van der Waals surface area contributed by atoms with Crippen LogP contribution in [-0.4, -0.2) is 17.6 Å². The molecular weight excluding hydrogens is 276 g/mol. The molecule has 0 saturated heterocycles. The molecule has 0 aliphatic carbocycles. The van der Waals surface area contributed by atoms with Crippen molar-refractivity contribution in [2.75, 3.05) is 17.2 Å². The first kappa shape index (κ1) is 15.8. The van der Waals surface area contributed by atoms with Crippen molar-refractivity contribution in [2.45, 2.75) is 27.2 Å². The van der Waals surface area contributed by atoms with E-state index in [1.807, 2.05) is 25.1 Å². The quantitative estimate of drug-likeness (QED) is 0.785. The summed E-state index contributed by atoms with van der Waals surface area (Å²) in [4.78, 5) is 15.9. The SMILES string of the molecule is CCNC(=O)Nc1cc(Nc2cccc(C)c2)c(CC)cn1. The first-order chi connectivity index (χ1) is 10.6. The van der Waals surface area contributed by atoms with Gasteiger partial charge in [-0.3, -0.25) is 5.32 Å². The molecule has 0 aliphatic heterocycles. The van der Waals surface area contributed by atoms with Crippen LogP contribution in [0.25, 0.3) is 0 Å². The van der Waals surface area contributed by atoms with Crippen molar-refractivity contribution in [3.63, 3.8) is 0 Å². The summed E-state index contributed by atoms with van der Waals surface area (Å²) in [6.07, 6.45) is 2.66. The molecule has 0 spiro atoms. The molecule has 0 saturated carbocycles. The van der Waals surface area contributed by atoms with Crippen LogP contribution >= 0.6 is 0 Å². The van der Waals surface area contributed by atoms with Gasteiger partial charge in [0, 0.05) is 30.2 Å². The Balaban J connectivity index is 2.22. The number of benzene rings is 1. The lowest BCUT2D eigenvalue weighted by molar-refractivity contribution is 0.252. The number of nitrogens with zero attached hydrogens (tertiary/aromatic N) is 1. The predicted octanol–water partition coefficient (Wildman–Crippen LogP) is 3.84. The number of amides is 2. The summed E-state index contributed by atoms with van der Waals surface area (Å²) in [5.74, 6) is 0.526. The van der Waals surface area contributed by atoms with Gasteiger partial charge in [-0.25, -0.2) is 9.78 Å². The van der Waals surface area contributed by atoms with Gasteiger partial charge in [-0.05, 0) is 43.5 Å². The van der Waals surface area contributed by atoms with Crippen LogP contribution < -0.4 is 16.0 Å². The summed E-state index contributed by atoms with van der Waals surface area (Å²) in [5, 5.41) is 8.82. The van der Waals surface area contributed by atoms with Gasteiger partial charge in [0.05, 0.1) is 0 Å². The van der Waals surface area contributed by atoms with Gasteiger partial charge in [0.15, 0.2) is 0 Å². The Bertz CT molecular complexity index is 655. The maximum absolute atomic E-state index is 11.6. The molecule has 2 rings (SSSR count). The Morgan fingerprint density at radius 2 is 2.05 bits per heavy atom. The molecule has 2 amide bonds. The van der Waals surface area contributed by atoms with E-state index in [0.717, 1.165) is 23.4 Å². The fourth-order valence-electron chi connectivity index (χ4n) is 2.15. The monoisotopic (exact) mass is 298 g/mol. The number of anilines is 3. The van der Waals surface area contributed by atoms with E-state index in [0.29, 0.717) is 12.4 Å². The van der Waals surface area contributed by atoms with Gasteiger partial charge in [0.2, 0.25) is 0 Å². The number of aryl methyl sites for hydroxylation is 2. The van der Waals surface area contributed by atoms with Crippen molar-refractivity contribution < 1.29 is 4.79 Å². The first-order valence-electron chi connectivity index (χ1n) is 7.49. The van der Waals surface area contributed by atoms with E-state index < -0.39 is 0 Å². The lowest BCUT2D eigenvalue weighted by atomic mass is 10.1. The fourth-order valence-corrected chi connectivity index (χ4v) is 2.15. The highest BCUT2D eigenvalue weighted by Gasteiger charge is 2.07. The minimum atomic E-state index is -0.249. The van der Waals surface area contributed by atoms with Gasteiger partial charge in [-0.1, -0.05) is 19.1 Å². The van der Waals surface area contributed by atoms with Crippen molar-refractivity contribution in [3.8, 4) is 0 Å². The second-order valence-corrected chi connectivity index (χ2v) is 5.06. The third-order valence-electron chi connectivity index (χ3n) is 3.24. The van der Waals surface area contributed by atoms with Crippen LogP contribution in [0.4, 0.5) is 22.0 Å². The van der Waals surface area contributed by atoms with Gasteiger partial charge in [0.1, 0.15) is 5.82 Å². The summed E-state index contributed by atoms with van der Waals surface area (Å²) in [7, 11) is 0. The van der Waals surface area contributed by atoms with Crippen LogP contribution in [0.2, 0.25) is 0 Å². The number of urea groups is 1. The normalized spacial score (nSPS) is 10.1. The standard InChI is InChI=1S/C17H22N4O/c1-4-13-11-19-16(21-17(22)18-5-2)10-15(13)20-14-8-6-7-12(3)9-14/h6-11H,4-5H2,1-3H3,(H3,18,19,20,21,22). The third kappa shape index (κ3) is 4.22. The van der Waals surface area contributed by atoms with Gasteiger partial charge < -0.3 is 10.6 Å². The number of hydrogen-bond donors (Lipinski definition) is 3. The Morgan fingerprint density at radius 3 is 2.73 bits per heavy atom. The van der Waals surface area contributed by atoms with Crippen molar-refractivity contribution in [1.82, 2.24) is 10.3 Å². The summed E-state index contributed by atoms with van der Waals surface area (Å²) >= 11 is 0. The van der Waals surface area contributed by atoms with Gasteiger partial charge >= 0.3 is 6.03 Å². The Kier molecular flexibility index (Phi) is 5.36. The van der Waals surface area contributed by atoms with Gasteiger partial charge in [-0.2, -0.15) is 0 Å². The van der Waals surface area contributed by atoms with Crippen LogP contribution in [0.3, 0.4) is 0 Å². The van der Waals surface area contributed by atoms with Crippen molar-refractivity contribution >= 4 is 23.2 Å². The zero-order valence-corrected chi connectivity index (χ0v) is 13.2. The maximum Gasteiger partial charge on any atom is 0.320 e. The Hall–Kier alpha value is -2.56. The smallest absolute Gasteiger partial charge is 0.320 e. The average Bonchev–Trinajstić information content (AvgIpc) is 2.48. The molecule has 22 heavy (non-hydrogen) atoms. The van der Waals surface area contributed by atoms with Crippen LogP contribution in [0.1, 0.15) is 25.0 Å². The summed E-state index contributed by atoms with van der Waals surface area (Å²) < 4.78 is 0. The van der Waals surface area contributed by atoms with E-state index >= 15 is 0 Å². The van der Waals surface area contributed by atoms with Crippen LogP contribution in [0.5, 0.6) is 0 Å². The maximum atomic E-state index is 11.6. The highest BCUT2D eigenvalue weighted by molar-refractivity contribution is 5.88. The zero-order chi connectivity index (χ0) is 15.9. The number of carbonyl (C=O) groups excluding carboxylic acids is 1. The van der Waals surface area contributed by atoms with Gasteiger partial charge in [0.25, 0.3) is 0 Å². The summed E-state index contributed by atoms with van der Waals surface area (Å²) in [6, 6.07) is 9.77. The second kappa shape index (κ2) is 7.45. The molecule has 0 atom stereocenters. The molecule has 0 fully saturated rings. The van der Waals surface area contributed by atoms with Crippen LogP contribution in [-0.2, 0) is 6.42 Å². The average molecular weight is 298 g/mol. The largest absolute Gasteiger partial charge is 0.355 e. The topological polar surface area (TPSA) is 66.1 Å². The van der Waals surface area contributed by atoms with E-state index in [2.05, 4.69) is 46.9 Å². The second-order valence-electron chi connectivity index (χ2n) is 5.06. The number of aromatic nitrogens is 1. The molecule has 3 N–H and O–H groups in total. The summed E-state index contributed by atoms with van der Waals surface area (Å²) in [5.41, 5.74) is 4.26. The molecule has 1 aromatic heterocycles. The van der Waals surface area contributed by atoms with E-state index in [9.17, 15) is 4.79 Å². The fraction of sp³-hybridized carbons (Fsp3) is 0.294. The van der Waals surface area contributed by atoms with Crippen molar-refractivity contribution in [1.29, 1.82) is 0 Å². The van der Waals surface area contributed by atoms with E-state index in [1.165, 1.54) is 5.56 Å². The van der Waals surface area contributed by atoms with Crippen LogP contribution in [0, 0.1) is 6.92 Å². The molecule has 5 heteroatoms. The molecule has 116 valence electrons. The molecule has 2 aromatic rings. The molecule has 1 heterocycles. The highest BCUT2D eigenvalue weighted by Crippen LogP contribution is 2.24. The lowest BCUT2D eigenvalue weighted by Crippen LogP contribution is -2.28. The minimum absolute atomic E-state index is 0.249. The van der Waals surface area contributed by atoms with Crippen LogP contribution in [0.15, 0.2) is 36.5 Å². The molecular formula is C17H22N4O. The molecule has 0 aliphatic rings. The van der Waals surface area contributed by atoms with Gasteiger partial charge in [-0.15, -0.1) is 0 Å². The van der Waals surface area contributed by atoms with E-state index in [-0.39, 0.29) is 6.03 Å². The number of rotatable bonds is 5. The van der Waals surface area contributed by atoms with E-state index in [1.54, 1.807) is 6.20 Å². The lowest BCUT2D eigenvalue weighted by Gasteiger charge is -2.13. The van der Waals surface area contributed by atoms with Crippen molar-refractivity contribution in [3.05, 3.63) is 47.7 Å². The summed E-state index contributed by atoms with van der Waals surface area (Å²) in [6.45, 7) is 6.58. The molecule has 1 aromatic carbocycles. The number of nitrogens with one attached hydrogen (secondary N) is 3. The zero-order valence-electron chi connectivity index (χ0n) is 13.2. The number of carbonyl (C=O) groups is 1. The predicted molar refractivity (Wildman–Crippen MR) is 90.8 cm³/mol. The molecule has 0 bridgehead atoms. The number of hydrogen-bond acceptors (Lipinski definition) is 3. The Morgan fingerprint density at radius 1 is 1.23 bits per heavy atom. The Labute approximate surface area is 131 Å². The molecule has 0 unspecified atom stereocenters. The molecule has 5 nitrogen and oxygen atoms in total. The number of pyridine rings is 1. The third-order valence-corrected chi connectivity index (χ3v) is 3.24. The minimum Gasteiger partial charge on any atom is -0.355 e. The van der Waals surface area contributed by atoms with E-state index in [4.69, 9.17) is 0 Å². The molecule has 0 radical (unpaired) electrons.